The number of hydrogen-bond donors (Lipinski definition) is 3. The molecule has 0 bridgehead atoms. The van der Waals surface area contributed by atoms with Gasteiger partial charge in [-0.3, -0.25) is 4.79 Å². The number of carbonyl (C=O) groups is 1. The molecule has 3 aliphatic rings. The van der Waals surface area contributed by atoms with Crippen LogP contribution < -0.4 is 15.2 Å². The van der Waals surface area contributed by atoms with Gasteiger partial charge in [-0.1, -0.05) is 13.0 Å². The number of nitrogens with two attached hydrogens (primary N) is 1. The molecule has 5 rings (SSSR count). The molecule has 32 heavy (non-hydrogen) atoms. The average molecular weight is 460 g/mol. The number of ether oxygens (including phenoxy) is 2. The Hall–Kier alpha value is -2.43. The van der Waals surface area contributed by atoms with E-state index in [9.17, 15) is 9.00 Å². The van der Waals surface area contributed by atoms with Crippen LogP contribution in [-0.2, 0) is 40.5 Å². The Balaban J connectivity index is 1.59. The third-order valence-electron chi connectivity index (χ3n) is 6.67. The first-order valence-corrected chi connectivity index (χ1v) is 12.7. The number of nitrogens with zero attached hydrogens (tertiary/aromatic N) is 2. The van der Waals surface area contributed by atoms with Gasteiger partial charge in [-0.2, -0.15) is 5.10 Å². The number of carbonyl (C=O) groups excluding carboxylic acids is 1. The van der Waals surface area contributed by atoms with Crippen molar-refractivity contribution in [2.24, 2.45) is 11.1 Å². The number of amides is 1. The van der Waals surface area contributed by atoms with Crippen molar-refractivity contribution >= 4 is 21.5 Å². The largest absolute Gasteiger partial charge is 0.477 e. The van der Waals surface area contributed by atoms with Crippen molar-refractivity contribution in [3.05, 3.63) is 34.0 Å². The van der Waals surface area contributed by atoms with Crippen molar-refractivity contribution in [2.75, 3.05) is 25.6 Å². The summed E-state index contributed by atoms with van der Waals surface area (Å²) < 4.78 is 33.3. The minimum absolute atomic E-state index is 0.0951. The molecule has 0 radical (unpaired) electrons. The van der Waals surface area contributed by atoms with Gasteiger partial charge >= 0.3 is 0 Å². The van der Waals surface area contributed by atoms with E-state index in [1.165, 1.54) is 15.8 Å². The van der Waals surface area contributed by atoms with Crippen LogP contribution in [0.2, 0.25) is 0 Å². The van der Waals surface area contributed by atoms with Gasteiger partial charge in [-0.15, -0.1) is 0 Å². The number of anilines is 1. The fraction of sp³-hybridized carbons (Fsp3) is 0.545. The van der Waals surface area contributed by atoms with E-state index in [1.807, 2.05) is 6.92 Å². The van der Waals surface area contributed by atoms with Crippen molar-refractivity contribution in [3.8, 4) is 5.88 Å². The molecular formula is C22H29N5O4S. The van der Waals surface area contributed by atoms with Crippen LogP contribution in [0.25, 0.3) is 0 Å². The normalized spacial score (nSPS) is 23.1. The summed E-state index contributed by atoms with van der Waals surface area (Å²) >= 11 is 0. The van der Waals surface area contributed by atoms with Crippen LogP contribution in [0.5, 0.6) is 5.88 Å². The Morgan fingerprint density at radius 2 is 2.22 bits per heavy atom. The highest BCUT2D eigenvalue weighted by atomic mass is 32.2. The van der Waals surface area contributed by atoms with E-state index >= 15 is 0 Å². The number of methoxy groups -OCH3 is 1. The van der Waals surface area contributed by atoms with E-state index in [0.29, 0.717) is 19.8 Å². The molecule has 0 spiro atoms. The molecule has 9 nitrogen and oxygen atoms in total. The Morgan fingerprint density at radius 3 is 2.97 bits per heavy atom. The summed E-state index contributed by atoms with van der Waals surface area (Å²) in [4.78, 5) is 13.4. The topological polar surface area (TPSA) is 132 Å². The van der Waals surface area contributed by atoms with Crippen LogP contribution in [0.3, 0.4) is 0 Å². The monoisotopic (exact) mass is 459 g/mol. The summed E-state index contributed by atoms with van der Waals surface area (Å²) in [6.07, 6.45) is 4.89. The highest BCUT2D eigenvalue weighted by molar-refractivity contribution is 7.90. The predicted molar refractivity (Wildman–Crippen MR) is 120 cm³/mol. The van der Waals surface area contributed by atoms with E-state index in [4.69, 9.17) is 19.4 Å². The summed E-state index contributed by atoms with van der Waals surface area (Å²) in [5.74, 6) is 0.0526. The number of hydrogen-bond acceptors (Lipinski definition) is 6. The molecule has 0 fully saturated rings. The number of nitrogens with one attached hydrogen (secondary N) is 2. The van der Waals surface area contributed by atoms with Crippen LogP contribution in [0.1, 0.15) is 58.4 Å². The highest BCUT2D eigenvalue weighted by Crippen LogP contribution is 2.44. The van der Waals surface area contributed by atoms with E-state index in [1.54, 1.807) is 7.11 Å². The van der Waals surface area contributed by atoms with Gasteiger partial charge in [0.05, 0.1) is 19.8 Å². The standard InChI is InChI=1S/C22H29N5O4S/c1-12-9-27-22(31-10-12)20(32(23,24)29)19(26-27)21(28)25-18-16-5-3-4-13(16)8-14-6-7-15(11-30-2)17(14)18/h8,12,15H,3-7,9-11H2,1-2H3,(H,25,28)(H3,23,24,29)/t12?,15-/m1/s1. The summed E-state index contributed by atoms with van der Waals surface area (Å²) in [7, 11) is -2.02. The SMILES string of the molecule is COC[C@H]1CCc2cc3c(c(NC(=O)c4nn5c(c4S(=N)(N)=O)OCC(C)C5)c21)CCC3. The summed E-state index contributed by atoms with van der Waals surface area (Å²) in [5, 5.41) is 13.2. The van der Waals surface area contributed by atoms with Crippen LogP contribution in [0.15, 0.2) is 11.0 Å². The number of fused-ring (bicyclic) bond motifs is 3. The summed E-state index contributed by atoms with van der Waals surface area (Å²) in [6, 6.07) is 2.29. The molecule has 0 saturated carbocycles. The molecule has 172 valence electrons. The molecule has 0 saturated heterocycles. The fourth-order valence-electron chi connectivity index (χ4n) is 5.34. The zero-order valence-electron chi connectivity index (χ0n) is 18.4. The Labute approximate surface area is 187 Å². The second-order valence-corrected chi connectivity index (χ2v) is 10.8. The van der Waals surface area contributed by atoms with Gasteiger partial charge in [0.2, 0.25) is 5.88 Å². The van der Waals surface area contributed by atoms with Gasteiger partial charge in [0.1, 0.15) is 9.92 Å². The van der Waals surface area contributed by atoms with E-state index in [-0.39, 0.29) is 28.3 Å². The molecule has 2 aliphatic carbocycles. The summed E-state index contributed by atoms with van der Waals surface area (Å²) in [5.41, 5.74) is 5.57. The van der Waals surface area contributed by atoms with Crippen molar-refractivity contribution in [2.45, 2.75) is 56.4 Å². The molecular weight excluding hydrogens is 430 g/mol. The number of benzene rings is 1. The average Bonchev–Trinajstić information content (AvgIpc) is 3.44. The maximum Gasteiger partial charge on any atom is 0.277 e. The number of aromatic nitrogens is 2. The quantitative estimate of drug-likeness (QED) is 0.632. The fourth-order valence-corrected chi connectivity index (χ4v) is 6.18. The third kappa shape index (κ3) is 3.50. The first kappa shape index (κ1) is 21.4. The smallest absolute Gasteiger partial charge is 0.277 e. The van der Waals surface area contributed by atoms with Gasteiger partial charge in [0, 0.05) is 24.6 Å². The number of rotatable bonds is 5. The molecule has 4 N–H and O–H groups in total. The van der Waals surface area contributed by atoms with E-state index in [0.717, 1.165) is 48.9 Å². The zero-order chi connectivity index (χ0) is 22.6. The Kier molecular flexibility index (Phi) is 5.26. The van der Waals surface area contributed by atoms with Crippen molar-refractivity contribution < 1.29 is 18.5 Å². The lowest BCUT2D eigenvalue weighted by Crippen LogP contribution is -2.24. The zero-order valence-corrected chi connectivity index (χ0v) is 19.2. The molecule has 1 aromatic carbocycles. The lowest BCUT2D eigenvalue weighted by atomic mass is 9.94. The van der Waals surface area contributed by atoms with Crippen LogP contribution in [0, 0.1) is 10.7 Å². The summed E-state index contributed by atoms with van der Waals surface area (Å²) in [6.45, 7) is 3.50. The van der Waals surface area contributed by atoms with Crippen LogP contribution in [0.4, 0.5) is 5.69 Å². The van der Waals surface area contributed by atoms with E-state index in [2.05, 4.69) is 16.5 Å². The lowest BCUT2D eigenvalue weighted by molar-refractivity contribution is 0.101. The third-order valence-corrected chi connectivity index (χ3v) is 7.65. The van der Waals surface area contributed by atoms with Crippen LogP contribution >= 0.6 is 0 Å². The maximum atomic E-state index is 13.5. The lowest BCUT2D eigenvalue weighted by Gasteiger charge is -2.21. The van der Waals surface area contributed by atoms with Crippen LogP contribution in [-0.4, -0.2) is 40.2 Å². The van der Waals surface area contributed by atoms with Gasteiger partial charge in [0.25, 0.3) is 5.91 Å². The van der Waals surface area contributed by atoms with E-state index < -0.39 is 15.8 Å². The van der Waals surface area contributed by atoms with Crippen molar-refractivity contribution in [1.82, 2.24) is 9.78 Å². The van der Waals surface area contributed by atoms with Crippen molar-refractivity contribution in [3.63, 3.8) is 0 Å². The predicted octanol–water partition coefficient (Wildman–Crippen LogP) is 2.61. The minimum Gasteiger partial charge on any atom is -0.477 e. The molecule has 1 aromatic heterocycles. The van der Waals surface area contributed by atoms with Gasteiger partial charge in [-0.05, 0) is 54.4 Å². The molecule has 10 heteroatoms. The second-order valence-electron chi connectivity index (χ2n) is 9.14. The minimum atomic E-state index is -3.72. The molecule has 1 aliphatic heterocycles. The van der Waals surface area contributed by atoms with Gasteiger partial charge < -0.3 is 14.8 Å². The second kappa shape index (κ2) is 7.86. The van der Waals surface area contributed by atoms with Gasteiger partial charge in [0.15, 0.2) is 10.6 Å². The molecule has 3 atom stereocenters. The molecule has 2 heterocycles. The number of aryl methyl sites for hydroxylation is 2. The highest BCUT2D eigenvalue weighted by Gasteiger charge is 2.35. The van der Waals surface area contributed by atoms with Crippen molar-refractivity contribution in [1.29, 1.82) is 4.78 Å². The maximum absolute atomic E-state index is 13.5. The Morgan fingerprint density at radius 1 is 1.41 bits per heavy atom. The molecule has 2 unspecified atom stereocenters. The first-order chi connectivity index (χ1) is 15.3. The molecule has 2 aromatic rings. The Bertz CT molecular complexity index is 1200. The first-order valence-electron chi connectivity index (χ1n) is 11.1. The van der Waals surface area contributed by atoms with Gasteiger partial charge in [-0.25, -0.2) is 18.8 Å². The molecule has 1 amide bonds.